The normalized spacial score (nSPS) is 12.9. The number of rotatable bonds is 5. The van der Waals surface area contributed by atoms with Crippen LogP contribution in [0.15, 0.2) is 212 Å². The van der Waals surface area contributed by atoms with Crippen molar-refractivity contribution in [3.63, 3.8) is 0 Å². The number of aromatic nitrogens is 3. The van der Waals surface area contributed by atoms with Crippen molar-refractivity contribution in [2.24, 2.45) is 0 Å². The van der Waals surface area contributed by atoms with Crippen molar-refractivity contribution >= 4 is 10.8 Å². The molecule has 0 unspecified atom stereocenters. The van der Waals surface area contributed by atoms with Crippen molar-refractivity contribution in [1.82, 2.24) is 15.0 Å². The monoisotopic (exact) mass is 749 g/mol. The van der Waals surface area contributed by atoms with E-state index in [4.69, 9.17) is 15.0 Å². The van der Waals surface area contributed by atoms with Crippen LogP contribution in [0.1, 0.15) is 22.3 Å². The van der Waals surface area contributed by atoms with E-state index in [2.05, 4.69) is 188 Å². The Balaban J connectivity index is 1.07. The Bertz CT molecular complexity index is 3210. The molecule has 0 saturated heterocycles. The second-order valence-electron chi connectivity index (χ2n) is 15.5. The van der Waals surface area contributed by atoms with Crippen molar-refractivity contribution in [2.75, 3.05) is 0 Å². The number of fused-ring (bicyclic) bond motifs is 12. The second-order valence-corrected chi connectivity index (χ2v) is 15.5. The van der Waals surface area contributed by atoms with Crippen molar-refractivity contribution in [3.05, 3.63) is 235 Å². The van der Waals surface area contributed by atoms with Gasteiger partial charge in [-0.1, -0.05) is 200 Å². The predicted molar refractivity (Wildman–Crippen MR) is 241 cm³/mol. The minimum Gasteiger partial charge on any atom is -0.208 e. The lowest BCUT2D eigenvalue weighted by molar-refractivity contribution is 0.801. The maximum atomic E-state index is 5.18. The lowest BCUT2D eigenvalue weighted by Crippen LogP contribution is -2.26. The molecule has 0 fully saturated rings. The maximum Gasteiger partial charge on any atom is 0.164 e. The van der Waals surface area contributed by atoms with E-state index < -0.39 is 5.41 Å². The molecule has 1 heterocycles. The van der Waals surface area contributed by atoms with Gasteiger partial charge in [-0.3, -0.25) is 0 Å². The van der Waals surface area contributed by atoms with Crippen LogP contribution in [0.5, 0.6) is 0 Å². The van der Waals surface area contributed by atoms with Gasteiger partial charge < -0.3 is 0 Å². The molecule has 0 atom stereocenters. The first-order valence-electron chi connectivity index (χ1n) is 20.2. The Hall–Kier alpha value is -7.75. The van der Waals surface area contributed by atoms with Crippen molar-refractivity contribution in [1.29, 1.82) is 0 Å². The van der Waals surface area contributed by atoms with Crippen molar-refractivity contribution in [2.45, 2.75) is 5.41 Å². The third-order valence-corrected chi connectivity index (χ3v) is 12.3. The summed E-state index contributed by atoms with van der Waals surface area (Å²) in [7, 11) is 0. The first-order valence-corrected chi connectivity index (χ1v) is 20.2. The fourth-order valence-corrected chi connectivity index (χ4v) is 9.82. The average molecular weight is 750 g/mol. The molecule has 0 aliphatic heterocycles. The van der Waals surface area contributed by atoms with Crippen LogP contribution in [0.3, 0.4) is 0 Å². The van der Waals surface area contributed by atoms with Gasteiger partial charge in [0.25, 0.3) is 0 Å². The van der Waals surface area contributed by atoms with Gasteiger partial charge in [-0.2, -0.15) is 0 Å². The molecule has 0 radical (unpaired) electrons. The molecule has 1 aromatic heterocycles. The summed E-state index contributed by atoms with van der Waals surface area (Å²) in [5.74, 6) is 1.92. The average Bonchev–Trinajstić information content (AvgIpc) is 3.80. The molecule has 3 nitrogen and oxygen atoms in total. The molecular weight excluding hydrogens is 715 g/mol. The zero-order valence-corrected chi connectivity index (χ0v) is 32.0. The van der Waals surface area contributed by atoms with Crippen LogP contribution in [0.4, 0.5) is 0 Å². The molecule has 10 aromatic rings. The lowest BCUT2D eigenvalue weighted by atomic mass is 9.69. The standard InChI is InChI=1S/C56H35N3/c1-3-16-36(17-4-1)37-30-32-39(33-31-37)54-57-53(38-18-5-2-6-19-38)58-55(59-54)42-22-15-21-40(34-42)47-35-41-20-7-8-23-43(41)52-51(47)46-26-11-14-29-50(46)56(52)48-27-12-9-24-44(48)45-25-10-13-28-49(45)56/h1-35H. The van der Waals surface area contributed by atoms with Crippen LogP contribution in [0.2, 0.25) is 0 Å². The summed E-state index contributed by atoms with van der Waals surface area (Å²) in [6.45, 7) is 0. The predicted octanol–water partition coefficient (Wildman–Crippen LogP) is 13.7. The Kier molecular flexibility index (Phi) is 7.45. The number of hydrogen-bond acceptors (Lipinski definition) is 3. The molecule has 2 aliphatic rings. The van der Waals surface area contributed by atoms with Gasteiger partial charge in [-0.25, -0.2) is 15.0 Å². The molecule has 1 spiro atoms. The van der Waals surface area contributed by atoms with E-state index in [1.54, 1.807) is 0 Å². The molecule has 59 heavy (non-hydrogen) atoms. The third-order valence-electron chi connectivity index (χ3n) is 12.3. The van der Waals surface area contributed by atoms with E-state index in [0.29, 0.717) is 17.5 Å². The summed E-state index contributed by atoms with van der Waals surface area (Å²) in [4.78, 5) is 15.4. The first-order chi connectivity index (χ1) is 29.3. The van der Waals surface area contributed by atoms with E-state index in [-0.39, 0.29) is 0 Å². The van der Waals surface area contributed by atoms with E-state index in [0.717, 1.165) is 27.8 Å². The number of hydrogen-bond donors (Lipinski definition) is 0. The number of benzene rings is 9. The smallest absolute Gasteiger partial charge is 0.164 e. The van der Waals surface area contributed by atoms with E-state index >= 15 is 0 Å². The summed E-state index contributed by atoms with van der Waals surface area (Å²) in [6.07, 6.45) is 0. The topological polar surface area (TPSA) is 38.7 Å². The quantitative estimate of drug-likeness (QED) is 0.176. The molecule has 274 valence electrons. The Morgan fingerprint density at radius 2 is 0.729 bits per heavy atom. The van der Waals surface area contributed by atoms with Crippen LogP contribution >= 0.6 is 0 Å². The van der Waals surface area contributed by atoms with E-state index in [9.17, 15) is 0 Å². The molecule has 2 aliphatic carbocycles. The Morgan fingerprint density at radius 3 is 1.39 bits per heavy atom. The van der Waals surface area contributed by atoms with Gasteiger partial charge in [-0.05, 0) is 89.7 Å². The van der Waals surface area contributed by atoms with Crippen LogP contribution < -0.4 is 0 Å². The highest BCUT2D eigenvalue weighted by Crippen LogP contribution is 2.65. The van der Waals surface area contributed by atoms with Crippen molar-refractivity contribution in [3.8, 4) is 78.7 Å². The SMILES string of the molecule is c1ccc(-c2ccc(-c3nc(-c4ccccc4)nc(-c4cccc(-c5cc6ccccc6c6c5-c5ccccc5C65c6ccccc6-c6ccccc65)c4)n3)cc2)cc1. The zero-order valence-electron chi connectivity index (χ0n) is 32.0. The van der Waals surface area contributed by atoms with Crippen LogP contribution in [-0.2, 0) is 5.41 Å². The molecule has 0 saturated carbocycles. The van der Waals surface area contributed by atoms with Gasteiger partial charge in [0, 0.05) is 16.7 Å². The molecule has 3 heteroatoms. The van der Waals surface area contributed by atoms with Crippen LogP contribution in [-0.4, -0.2) is 15.0 Å². The second kappa shape index (κ2) is 13.2. The first kappa shape index (κ1) is 33.4. The van der Waals surface area contributed by atoms with Crippen LogP contribution in [0, 0.1) is 0 Å². The fraction of sp³-hybridized carbons (Fsp3) is 0.0179. The molecule has 12 rings (SSSR count). The number of nitrogens with zero attached hydrogens (tertiary/aromatic N) is 3. The highest BCUT2D eigenvalue weighted by Gasteiger charge is 2.52. The van der Waals surface area contributed by atoms with E-state index in [1.807, 2.05) is 24.3 Å². The fourth-order valence-electron chi connectivity index (χ4n) is 9.82. The van der Waals surface area contributed by atoms with Gasteiger partial charge in [0.2, 0.25) is 0 Å². The summed E-state index contributed by atoms with van der Waals surface area (Å²) in [6, 6.07) is 76.3. The summed E-state index contributed by atoms with van der Waals surface area (Å²) < 4.78 is 0. The maximum absolute atomic E-state index is 5.18. The van der Waals surface area contributed by atoms with Gasteiger partial charge in [0.1, 0.15) is 0 Å². The molecule has 0 bridgehead atoms. The Morgan fingerprint density at radius 1 is 0.288 bits per heavy atom. The lowest BCUT2D eigenvalue weighted by Gasteiger charge is -2.31. The molecule has 0 N–H and O–H groups in total. The minimum atomic E-state index is -0.462. The van der Waals surface area contributed by atoms with Gasteiger partial charge in [0.15, 0.2) is 17.5 Å². The highest BCUT2D eigenvalue weighted by molar-refractivity contribution is 6.09. The van der Waals surface area contributed by atoms with Gasteiger partial charge in [-0.15, -0.1) is 0 Å². The molecule has 0 amide bonds. The van der Waals surface area contributed by atoms with E-state index in [1.165, 1.54) is 66.4 Å². The Labute approximate surface area is 343 Å². The largest absolute Gasteiger partial charge is 0.208 e. The summed E-state index contributed by atoms with van der Waals surface area (Å²) in [5.41, 5.74) is 17.5. The van der Waals surface area contributed by atoms with Gasteiger partial charge in [0.05, 0.1) is 5.41 Å². The summed E-state index contributed by atoms with van der Waals surface area (Å²) in [5, 5.41) is 2.49. The molecular formula is C56H35N3. The third kappa shape index (κ3) is 5.05. The van der Waals surface area contributed by atoms with Crippen LogP contribution in [0.25, 0.3) is 89.4 Å². The minimum absolute atomic E-state index is 0.462. The van der Waals surface area contributed by atoms with Crippen molar-refractivity contribution < 1.29 is 0 Å². The zero-order chi connectivity index (χ0) is 38.9. The highest BCUT2D eigenvalue weighted by atomic mass is 15.0. The van der Waals surface area contributed by atoms with Gasteiger partial charge >= 0.3 is 0 Å². The summed E-state index contributed by atoms with van der Waals surface area (Å²) >= 11 is 0. The molecule has 9 aromatic carbocycles.